The van der Waals surface area contributed by atoms with Gasteiger partial charge in [0.1, 0.15) is 11.3 Å². The zero-order chi connectivity index (χ0) is 13.2. The van der Waals surface area contributed by atoms with Gasteiger partial charge in [-0.15, -0.1) is 0 Å². The summed E-state index contributed by atoms with van der Waals surface area (Å²) in [6.07, 6.45) is 3.65. The Morgan fingerprint density at radius 1 is 1.37 bits per heavy atom. The summed E-state index contributed by atoms with van der Waals surface area (Å²) < 4.78 is 5.45. The van der Waals surface area contributed by atoms with Crippen molar-refractivity contribution < 1.29 is 4.74 Å². The molecule has 1 heterocycles. The summed E-state index contributed by atoms with van der Waals surface area (Å²) in [4.78, 5) is 4.81. The first kappa shape index (κ1) is 12.3. The van der Waals surface area contributed by atoms with Gasteiger partial charge in [0.05, 0.1) is 7.11 Å². The zero-order valence-electron chi connectivity index (χ0n) is 11.6. The van der Waals surface area contributed by atoms with Crippen molar-refractivity contribution in [2.45, 2.75) is 32.1 Å². The van der Waals surface area contributed by atoms with Gasteiger partial charge in [-0.1, -0.05) is 19.1 Å². The maximum absolute atomic E-state index is 5.45. The minimum Gasteiger partial charge on any atom is -0.494 e. The fourth-order valence-corrected chi connectivity index (χ4v) is 2.40. The molecule has 1 saturated carbocycles. The van der Waals surface area contributed by atoms with E-state index in [1.165, 1.54) is 24.2 Å². The van der Waals surface area contributed by atoms with Crippen LogP contribution < -0.4 is 10.1 Å². The minimum atomic E-state index is 0.650. The molecule has 2 aromatic rings. The molecule has 1 aromatic carbocycles. The number of nitrogens with zero attached hydrogens (tertiary/aromatic N) is 1. The average molecular weight is 256 g/mol. The Morgan fingerprint density at radius 3 is 2.89 bits per heavy atom. The molecule has 100 valence electrons. The second-order valence-electron chi connectivity index (χ2n) is 5.15. The van der Waals surface area contributed by atoms with Gasteiger partial charge in [0.2, 0.25) is 0 Å². The largest absolute Gasteiger partial charge is 0.494 e. The number of hydrogen-bond acceptors (Lipinski definition) is 3. The van der Waals surface area contributed by atoms with Crippen molar-refractivity contribution in [3.8, 4) is 5.75 Å². The lowest BCUT2D eigenvalue weighted by molar-refractivity contribution is 0.419. The molecule has 0 saturated heterocycles. The van der Waals surface area contributed by atoms with Gasteiger partial charge < -0.3 is 10.1 Å². The summed E-state index contributed by atoms with van der Waals surface area (Å²) in [5.41, 5.74) is 3.37. The summed E-state index contributed by atoms with van der Waals surface area (Å²) in [6, 6.07) is 8.33. The van der Waals surface area contributed by atoms with Crippen molar-refractivity contribution in [3.63, 3.8) is 0 Å². The number of para-hydroxylation sites is 1. The van der Waals surface area contributed by atoms with Crippen LogP contribution in [0.2, 0.25) is 0 Å². The van der Waals surface area contributed by atoms with Gasteiger partial charge in [-0.25, -0.2) is 4.98 Å². The van der Waals surface area contributed by atoms with Crippen LogP contribution in [-0.2, 0) is 0 Å². The molecule has 3 heteroatoms. The summed E-state index contributed by atoms with van der Waals surface area (Å²) >= 11 is 0. The van der Waals surface area contributed by atoms with Crippen LogP contribution in [0.15, 0.2) is 24.3 Å². The van der Waals surface area contributed by atoms with Crippen LogP contribution >= 0.6 is 0 Å². The Bertz CT molecular complexity index is 591. The second-order valence-corrected chi connectivity index (χ2v) is 5.15. The number of pyridine rings is 1. The van der Waals surface area contributed by atoms with Crippen LogP contribution in [0, 0.1) is 0 Å². The van der Waals surface area contributed by atoms with Crippen molar-refractivity contribution >= 4 is 16.6 Å². The monoisotopic (exact) mass is 256 g/mol. The molecule has 0 spiro atoms. The Morgan fingerprint density at radius 2 is 2.21 bits per heavy atom. The van der Waals surface area contributed by atoms with Crippen molar-refractivity contribution in [1.29, 1.82) is 0 Å². The lowest BCUT2D eigenvalue weighted by Crippen LogP contribution is -2.03. The zero-order valence-corrected chi connectivity index (χ0v) is 11.6. The summed E-state index contributed by atoms with van der Waals surface area (Å²) in [5.74, 6) is 1.51. The average Bonchev–Trinajstić information content (AvgIpc) is 3.28. The third-order valence-electron chi connectivity index (χ3n) is 3.60. The van der Waals surface area contributed by atoms with Gasteiger partial charge in [-0.2, -0.15) is 0 Å². The molecule has 1 aromatic heterocycles. The molecule has 3 rings (SSSR count). The SMILES string of the molecule is CCCNc1cc(C2CC2)nc2c(OC)cccc12. The fourth-order valence-electron chi connectivity index (χ4n) is 2.40. The van der Waals surface area contributed by atoms with Gasteiger partial charge in [-0.05, 0) is 31.4 Å². The smallest absolute Gasteiger partial charge is 0.145 e. The van der Waals surface area contributed by atoms with E-state index in [-0.39, 0.29) is 0 Å². The van der Waals surface area contributed by atoms with E-state index in [0.29, 0.717) is 5.92 Å². The van der Waals surface area contributed by atoms with Crippen molar-refractivity contribution in [1.82, 2.24) is 4.98 Å². The number of methoxy groups -OCH3 is 1. The molecule has 1 fully saturated rings. The predicted octanol–water partition coefficient (Wildman–Crippen LogP) is 3.94. The van der Waals surface area contributed by atoms with E-state index in [4.69, 9.17) is 9.72 Å². The van der Waals surface area contributed by atoms with Crippen LogP contribution in [0.3, 0.4) is 0 Å². The standard InChI is InChI=1S/C16H20N2O/c1-3-9-17-14-10-13(11-7-8-11)18-16-12(14)5-4-6-15(16)19-2/h4-6,10-11H,3,7-9H2,1-2H3,(H,17,18). The van der Waals surface area contributed by atoms with Gasteiger partial charge >= 0.3 is 0 Å². The van der Waals surface area contributed by atoms with Crippen LogP contribution in [0.1, 0.15) is 37.8 Å². The molecule has 1 N–H and O–H groups in total. The van der Waals surface area contributed by atoms with Crippen LogP contribution in [0.25, 0.3) is 10.9 Å². The van der Waals surface area contributed by atoms with Crippen molar-refractivity contribution in [2.24, 2.45) is 0 Å². The van der Waals surface area contributed by atoms with E-state index in [9.17, 15) is 0 Å². The number of fused-ring (bicyclic) bond motifs is 1. The third-order valence-corrected chi connectivity index (χ3v) is 3.60. The first-order chi connectivity index (χ1) is 9.33. The van der Waals surface area contributed by atoms with Gasteiger partial charge in [-0.3, -0.25) is 0 Å². The van der Waals surface area contributed by atoms with Crippen molar-refractivity contribution in [3.05, 3.63) is 30.0 Å². The maximum Gasteiger partial charge on any atom is 0.145 e. The highest BCUT2D eigenvalue weighted by atomic mass is 16.5. The molecule has 0 bridgehead atoms. The van der Waals surface area contributed by atoms with Crippen molar-refractivity contribution in [2.75, 3.05) is 19.0 Å². The number of rotatable bonds is 5. The number of anilines is 1. The van der Waals surface area contributed by atoms with Crippen LogP contribution in [0.4, 0.5) is 5.69 Å². The van der Waals surface area contributed by atoms with Crippen LogP contribution in [0.5, 0.6) is 5.75 Å². The molecular weight excluding hydrogens is 236 g/mol. The molecule has 0 unspecified atom stereocenters. The summed E-state index contributed by atoms with van der Waals surface area (Å²) in [7, 11) is 1.71. The number of aromatic nitrogens is 1. The van der Waals surface area contributed by atoms with E-state index in [1.54, 1.807) is 7.11 Å². The Labute approximate surface area is 114 Å². The quantitative estimate of drug-likeness (QED) is 0.879. The highest BCUT2D eigenvalue weighted by Crippen LogP contribution is 2.42. The van der Waals surface area contributed by atoms with Gasteiger partial charge in [0.25, 0.3) is 0 Å². The maximum atomic E-state index is 5.45. The number of benzene rings is 1. The molecule has 1 aliphatic rings. The normalized spacial score (nSPS) is 14.6. The Balaban J connectivity index is 2.14. The van der Waals surface area contributed by atoms with Gasteiger partial charge in [0, 0.05) is 29.2 Å². The molecule has 19 heavy (non-hydrogen) atoms. The molecular formula is C16H20N2O. The molecule has 3 nitrogen and oxygen atoms in total. The number of ether oxygens (including phenoxy) is 1. The molecule has 1 aliphatic carbocycles. The summed E-state index contributed by atoms with van der Waals surface area (Å²) in [6.45, 7) is 3.17. The van der Waals surface area contributed by atoms with E-state index in [2.05, 4.69) is 24.4 Å². The second kappa shape index (κ2) is 5.08. The molecule has 0 radical (unpaired) electrons. The minimum absolute atomic E-state index is 0.650. The highest BCUT2D eigenvalue weighted by Gasteiger charge is 2.26. The lowest BCUT2D eigenvalue weighted by Gasteiger charge is -2.13. The Kier molecular flexibility index (Phi) is 3.28. The predicted molar refractivity (Wildman–Crippen MR) is 79.1 cm³/mol. The van der Waals surface area contributed by atoms with E-state index < -0.39 is 0 Å². The summed E-state index contributed by atoms with van der Waals surface area (Å²) in [5, 5.41) is 4.67. The lowest BCUT2D eigenvalue weighted by atomic mass is 10.1. The first-order valence-electron chi connectivity index (χ1n) is 7.05. The van der Waals surface area contributed by atoms with Crippen LogP contribution in [-0.4, -0.2) is 18.6 Å². The number of nitrogens with one attached hydrogen (secondary N) is 1. The molecule has 0 amide bonds. The third kappa shape index (κ3) is 2.37. The van der Waals surface area contributed by atoms with E-state index in [0.717, 1.165) is 29.6 Å². The van der Waals surface area contributed by atoms with E-state index in [1.807, 2.05) is 12.1 Å². The van der Waals surface area contributed by atoms with Gasteiger partial charge in [0.15, 0.2) is 0 Å². The van der Waals surface area contributed by atoms with E-state index >= 15 is 0 Å². The molecule has 0 aliphatic heterocycles. The first-order valence-corrected chi connectivity index (χ1v) is 7.05. The topological polar surface area (TPSA) is 34.2 Å². The fraction of sp³-hybridized carbons (Fsp3) is 0.438. The number of hydrogen-bond donors (Lipinski definition) is 1. The molecule has 0 atom stereocenters. The highest BCUT2D eigenvalue weighted by molar-refractivity contribution is 5.95. The Hall–Kier alpha value is -1.77.